The summed E-state index contributed by atoms with van der Waals surface area (Å²) in [5.74, 6) is 0. The summed E-state index contributed by atoms with van der Waals surface area (Å²) in [5.41, 5.74) is 10.8. The SMILES string of the molecule is CCOC(CCCNCCN)O[Si](OC)(OCC)OCC.COCCO[SiH3].CO[Si](CCCNCCN)(OC)OC. The van der Waals surface area contributed by atoms with Crippen molar-refractivity contribution < 1.29 is 44.9 Å². The number of ether oxygens (including phenoxy) is 2. The van der Waals surface area contributed by atoms with Crippen molar-refractivity contribution in [3.05, 3.63) is 0 Å². The lowest BCUT2D eigenvalue weighted by Gasteiger charge is -2.30. The number of rotatable bonds is 27. The molecule has 0 radical (unpaired) electrons. The fourth-order valence-corrected chi connectivity index (χ4v) is 6.81. The fourth-order valence-electron chi connectivity index (χ4n) is 3.15. The molecule has 0 aliphatic carbocycles. The largest absolute Gasteiger partial charge is 0.681 e. The Hall–Kier alpha value is 0.0906. The number of hydrogen-bond acceptors (Lipinski definition) is 14. The molecule has 0 spiro atoms. The van der Waals surface area contributed by atoms with Gasteiger partial charge in [-0.25, -0.2) is 0 Å². The summed E-state index contributed by atoms with van der Waals surface area (Å²) in [7, 11) is 3.47. The van der Waals surface area contributed by atoms with Gasteiger partial charge >= 0.3 is 17.9 Å². The summed E-state index contributed by atoms with van der Waals surface area (Å²) in [6.07, 6.45) is 2.24. The summed E-state index contributed by atoms with van der Waals surface area (Å²) in [4.78, 5) is 0. The van der Waals surface area contributed by atoms with Gasteiger partial charge in [0, 0.05) is 87.6 Å². The van der Waals surface area contributed by atoms with Crippen LogP contribution in [0.15, 0.2) is 0 Å². The minimum absolute atomic E-state index is 0.389. The third-order valence-electron chi connectivity index (χ3n) is 5.22. The zero-order chi connectivity index (χ0) is 31.7. The zero-order valence-corrected chi connectivity index (χ0v) is 31.4. The van der Waals surface area contributed by atoms with E-state index in [0.29, 0.717) is 32.9 Å². The van der Waals surface area contributed by atoms with E-state index < -0.39 is 17.9 Å². The molecule has 6 N–H and O–H groups in total. The molecule has 0 saturated carbocycles. The van der Waals surface area contributed by atoms with E-state index in [0.717, 1.165) is 75.2 Å². The third-order valence-corrected chi connectivity index (χ3v) is 10.8. The van der Waals surface area contributed by atoms with E-state index in [4.69, 9.17) is 51.6 Å². The van der Waals surface area contributed by atoms with Crippen molar-refractivity contribution in [2.75, 3.05) is 108 Å². The molecule has 0 aliphatic rings. The minimum Gasteiger partial charge on any atom is -0.426 e. The Labute approximate surface area is 255 Å². The number of hydrogen-bond donors (Lipinski definition) is 4. The monoisotopic (exact) mass is 652 g/mol. The molecule has 0 aromatic heterocycles. The second-order valence-corrected chi connectivity index (χ2v) is 14.1. The highest BCUT2D eigenvalue weighted by atomic mass is 28.4. The van der Waals surface area contributed by atoms with Gasteiger partial charge in [0.05, 0.1) is 13.2 Å². The van der Waals surface area contributed by atoms with Crippen LogP contribution in [-0.4, -0.2) is 142 Å². The van der Waals surface area contributed by atoms with Crippen molar-refractivity contribution in [2.24, 2.45) is 11.5 Å². The van der Waals surface area contributed by atoms with Gasteiger partial charge in [0.15, 0.2) is 6.29 Å². The fraction of sp³-hybridized carbons (Fsp3) is 1.00. The highest BCUT2D eigenvalue weighted by molar-refractivity contribution is 6.60. The molecule has 0 aliphatic heterocycles. The van der Waals surface area contributed by atoms with E-state index in [1.807, 2.05) is 20.8 Å². The predicted octanol–water partition coefficient (Wildman–Crippen LogP) is -0.418. The molecule has 0 saturated heterocycles. The standard InChI is InChI=1S/C13H32N2O5Si.C8H22N2O3Si.C3H10O2Si/c1-5-17-13(9-8-11-15-12-10-14)20-21(16-4,18-6-2)19-7-3;1-11-14(12-2,13-3)8-4-6-10-7-5-9;1-4-2-3-5-6/h13,15H,5-12,14H2,1-4H3;10H,4-9H2,1-3H3;2-3H2,1,6H3. The molecule has 14 nitrogen and oxygen atoms in total. The lowest BCUT2D eigenvalue weighted by Crippen LogP contribution is -2.51. The molecule has 0 aromatic carbocycles. The van der Waals surface area contributed by atoms with Crippen LogP contribution >= 0.6 is 0 Å². The Bertz CT molecular complexity index is 490. The Morgan fingerprint density at radius 2 is 1.24 bits per heavy atom. The van der Waals surface area contributed by atoms with Gasteiger partial charge in [-0.3, -0.25) is 0 Å². The van der Waals surface area contributed by atoms with Crippen molar-refractivity contribution in [2.45, 2.75) is 52.4 Å². The van der Waals surface area contributed by atoms with Gasteiger partial charge in [0.2, 0.25) is 0 Å². The molecule has 0 fully saturated rings. The highest BCUT2D eigenvalue weighted by Crippen LogP contribution is 2.17. The first kappa shape index (κ1) is 45.5. The van der Waals surface area contributed by atoms with Crippen LogP contribution in [0.2, 0.25) is 6.04 Å². The van der Waals surface area contributed by atoms with Gasteiger partial charge in [0.25, 0.3) is 0 Å². The highest BCUT2D eigenvalue weighted by Gasteiger charge is 2.46. The second-order valence-electron chi connectivity index (χ2n) is 8.18. The summed E-state index contributed by atoms with van der Waals surface area (Å²) in [6, 6.07) is 0.827. The van der Waals surface area contributed by atoms with Gasteiger partial charge in [-0.15, -0.1) is 0 Å². The van der Waals surface area contributed by atoms with Crippen LogP contribution in [0.1, 0.15) is 40.0 Å². The lowest BCUT2D eigenvalue weighted by molar-refractivity contribution is -0.146. The molecule has 17 heteroatoms. The molecule has 1 unspecified atom stereocenters. The second kappa shape index (κ2) is 34.6. The van der Waals surface area contributed by atoms with Gasteiger partial charge in [-0.2, -0.15) is 0 Å². The summed E-state index contributed by atoms with van der Waals surface area (Å²) in [6.45, 7) is 13.4. The van der Waals surface area contributed by atoms with Crippen LogP contribution < -0.4 is 22.1 Å². The van der Waals surface area contributed by atoms with E-state index >= 15 is 0 Å². The first-order valence-electron chi connectivity index (χ1n) is 14.4. The molecule has 0 bridgehead atoms. The first-order chi connectivity index (χ1) is 19.8. The van der Waals surface area contributed by atoms with E-state index in [1.165, 1.54) is 0 Å². The number of nitrogens with two attached hydrogens (primary N) is 2. The van der Waals surface area contributed by atoms with E-state index in [9.17, 15) is 0 Å². The molecule has 0 amide bonds. The van der Waals surface area contributed by atoms with Crippen LogP contribution in [0.3, 0.4) is 0 Å². The lowest BCUT2D eigenvalue weighted by atomic mass is 10.3. The van der Waals surface area contributed by atoms with Crippen LogP contribution in [0.25, 0.3) is 0 Å². The molecular weight excluding hydrogens is 589 g/mol. The molecule has 0 heterocycles. The van der Waals surface area contributed by atoms with Crippen molar-refractivity contribution in [3.8, 4) is 0 Å². The maximum absolute atomic E-state index is 5.91. The molecule has 41 heavy (non-hydrogen) atoms. The van der Waals surface area contributed by atoms with Crippen molar-refractivity contribution in [3.63, 3.8) is 0 Å². The third kappa shape index (κ3) is 27.4. The topological polar surface area (TPSA) is 168 Å². The Morgan fingerprint density at radius 1 is 0.707 bits per heavy atom. The minimum atomic E-state index is -3.11. The predicted molar refractivity (Wildman–Crippen MR) is 170 cm³/mol. The summed E-state index contributed by atoms with van der Waals surface area (Å²) in [5, 5.41) is 6.45. The average Bonchev–Trinajstić information content (AvgIpc) is 2.99. The summed E-state index contributed by atoms with van der Waals surface area (Å²) >= 11 is 0. The van der Waals surface area contributed by atoms with Crippen LogP contribution in [-0.2, 0) is 44.9 Å². The van der Waals surface area contributed by atoms with Crippen molar-refractivity contribution in [1.82, 2.24) is 10.6 Å². The van der Waals surface area contributed by atoms with Gasteiger partial charge in [-0.05, 0) is 53.1 Å². The Morgan fingerprint density at radius 3 is 1.61 bits per heavy atom. The molecule has 0 aromatic rings. The van der Waals surface area contributed by atoms with Crippen LogP contribution in [0.4, 0.5) is 0 Å². The van der Waals surface area contributed by atoms with Crippen molar-refractivity contribution >= 4 is 28.3 Å². The quantitative estimate of drug-likeness (QED) is 0.0513. The normalized spacial score (nSPS) is 12.4. The Balaban J connectivity index is -0.000000617. The Kier molecular flexibility index (Phi) is 38.4. The molecular formula is C24H64N4O10Si3. The number of methoxy groups -OCH3 is 1. The van der Waals surface area contributed by atoms with Gasteiger partial charge < -0.3 is 67.0 Å². The first-order valence-corrected chi connectivity index (χ1v) is 18.8. The summed E-state index contributed by atoms with van der Waals surface area (Å²) < 4.78 is 53.5. The zero-order valence-electron chi connectivity index (χ0n) is 27.4. The maximum Gasteiger partial charge on any atom is 0.681 e. The van der Waals surface area contributed by atoms with Crippen LogP contribution in [0.5, 0.6) is 0 Å². The van der Waals surface area contributed by atoms with E-state index in [2.05, 4.69) is 15.4 Å². The molecule has 252 valence electrons. The van der Waals surface area contributed by atoms with Gasteiger partial charge in [-0.1, -0.05) is 0 Å². The number of nitrogens with one attached hydrogen (secondary N) is 2. The van der Waals surface area contributed by atoms with Crippen LogP contribution in [0, 0.1) is 0 Å². The maximum atomic E-state index is 5.91. The molecule has 1 atom stereocenters. The smallest absolute Gasteiger partial charge is 0.426 e. The van der Waals surface area contributed by atoms with Crippen molar-refractivity contribution in [1.29, 1.82) is 0 Å². The van der Waals surface area contributed by atoms with E-state index in [1.54, 1.807) is 35.5 Å². The van der Waals surface area contributed by atoms with E-state index in [-0.39, 0.29) is 6.29 Å². The molecule has 0 rings (SSSR count). The van der Waals surface area contributed by atoms with Gasteiger partial charge in [0.1, 0.15) is 10.5 Å². The average molecular weight is 653 g/mol.